The average molecular weight is 494 g/mol. The molecule has 0 unspecified atom stereocenters. The van der Waals surface area contributed by atoms with Crippen LogP contribution >= 0.6 is 24.0 Å². The monoisotopic (exact) mass is 494 g/mol. The average Bonchev–Trinajstić information content (AvgIpc) is 3.51. The summed E-state index contributed by atoms with van der Waals surface area (Å²) in [6, 6.07) is 0. The van der Waals surface area contributed by atoms with E-state index in [9.17, 15) is 4.79 Å². The van der Waals surface area contributed by atoms with Crippen LogP contribution < -0.4 is 5.32 Å². The molecule has 0 aromatic carbocycles. The number of likely N-dealkylation sites (tertiary alicyclic amines) is 1. The molecule has 2 heterocycles. The number of rotatable bonds is 7. The van der Waals surface area contributed by atoms with Crippen LogP contribution in [0.5, 0.6) is 0 Å². The Balaban J connectivity index is 0.00000261. The smallest absolute Gasteiger partial charge is 0.225 e. The van der Waals surface area contributed by atoms with Crippen LogP contribution in [0.15, 0.2) is 4.99 Å². The van der Waals surface area contributed by atoms with Gasteiger partial charge in [-0.1, -0.05) is 0 Å². The summed E-state index contributed by atoms with van der Waals surface area (Å²) in [4.78, 5) is 21.6. The van der Waals surface area contributed by atoms with Gasteiger partial charge in [-0.2, -0.15) is 0 Å². The van der Waals surface area contributed by atoms with Crippen LogP contribution in [0.2, 0.25) is 0 Å². The van der Waals surface area contributed by atoms with Gasteiger partial charge in [0.15, 0.2) is 5.96 Å². The molecule has 3 rings (SSSR count). The van der Waals surface area contributed by atoms with Gasteiger partial charge in [0.1, 0.15) is 0 Å². The quantitative estimate of drug-likeness (QED) is 0.252. The fourth-order valence-electron chi connectivity index (χ4n) is 3.56. The van der Waals surface area contributed by atoms with Gasteiger partial charge in [0, 0.05) is 45.2 Å². The molecule has 0 aromatic heterocycles. The third-order valence-electron chi connectivity index (χ3n) is 5.35. The van der Waals surface area contributed by atoms with Crippen LogP contribution in [0.1, 0.15) is 32.6 Å². The summed E-state index contributed by atoms with van der Waals surface area (Å²) in [6.45, 7) is 9.82. The standard InChI is InChI=1S/C19H34N4O3.HI/c1-2-20-19(21-7-12-26-15-16-3-4-16)23-8-5-17(6-9-23)18(24)22-10-13-25-14-11-22;/h16-17H,2-15H2,1H3,(H,20,21);1H. The molecule has 27 heavy (non-hydrogen) atoms. The van der Waals surface area contributed by atoms with Crippen molar-refractivity contribution in [2.45, 2.75) is 32.6 Å². The number of ether oxygens (including phenoxy) is 2. The van der Waals surface area contributed by atoms with E-state index >= 15 is 0 Å². The number of aliphatic imine (C=N–C) groups is 1. The van der Waals surface area contributed by atoms with E-state index in [2.05, 4.69) is 17.1 Å². The molecule has 3 fully saturated rings. The lowest BCUT2D eigenvalue weighted by Gasteiger charge is -2.36. The van der Waals surface area contributed by atoms with Crippen molar-refractivity contribution >= 4 is 35.8 Å². The molecule has 2 aliphatic heterocycles. The van der Waals surface area contributed by atoms with Gasteiger partial charge >= 0.3 is 0 Å². The number of morpholine rings is 1. The third-order valence-corrected chi connectivity index (χ3v) is 5.35. The predicted molar refractivity (Wildman–Crippen MR) is 117 cm³/mol. The molecule has 156 valence electrons. The molecule has 3 aliphatic rings. The van der Waals surface area contributed by atoms with Crippen molar-refractivity contribution in [3.05, 3.63) is 0 Å². The fraction of sp³-hybridized carbons (Fsp3) is 0.895. The second-order valence-corrected chi connectivity index (χ2v) is 7.45. The molecule has 0 atom stereocenters. The Kier molecular flexibility index (Phi) is 10.1. The van der Waals surface area contributed by atoms with Gasteiger partial charge in [0.2, 0.25) is 5.91 Å². The van der Waals surface area contributed by atoms with Crippen LogP contribution in [-0.2, 0) is 14.3 Å². The number of carbonyl (C=O) groups excluding carboxylic acids is 1. The lowest BCUT2D eigenvalue weighted by atomic mass is 9.95. The first-order valence-corrected chi connectivity index (χ1v) is 10.3. The molecule has 0 aromatic rings. The number of nitrogens with zero attached hydrogens (tertiary/aromatic N) is 3. The van der Waals surface area contributed by atoms with E-state index in [1.807, 2.05) is 4.90 Å². The molecule has 2 saturated heterocycles. The Morgan fingerprint density at radius 1 is 1.11 bits per heavy atom. The van der Waals surface area contributed by atoms with Crippen molar-refractivity contribution in [3.8, 4) is 0 Å². The van der Waals surface area contributed by atoms with Crippen molar-refractivity contribution < 1.29 is 14.3 Å². The number of hydrogen-bond donors (Lipinski definition) is 1. The Bertz CT molecular complexity index is 474. The number of halogens is 1. The topological polar surface area (TPSA) is 66.4 Å². The third kappa shape index (κ3) is 7.38. The summed E-state index contributed by atoms with van der Waals surface area (Å²) in [5, 5.41) is 3.38. The molecule has 0 radical (unpaired) electrons. The number of carbonyl (C=O) groups is 1. The van der Waals surface area contributed by atoms with E-state index in [1.54, 1.807) is 0 Å². The van der Waals surface area contributed by atoms with E-state index in [1.165, 1.54) is 12.8 Å². The molecule has 7 nitrogen and oxygen atoms in total. The predicted octanol–water partition coefficient (Wildman–Crippen LogP) is 1.57. The van der Waals surface area contributed by atoms with Gasteiger partial charge in [0.05, 0.1) is 26.4 Å². The van der Waals surface area contributed by atoms with Crippen molar-refractivity contribution in [3.63, 3.8) is 0 Å². The van der Waals surface area contributed by atoms with Crippen molar-refractivity contribution in [2.24, 2.45) is 16.8 Å². The Hall–Kier alpha value is -0.610. The second-order valence-electron chi connectivity index (χ2n) is 7.45. The molecule has 0 bridgehead atoms. The van der Waals surface area contributed by atoms with E-state index in [4.69, 9.17) is 14.5 Å². The highest BCUT2D eigenvalue weighted by Gasteiger charge is 2.30. The zero-order valence-electron chi connectivity index (χ0n) is 16.5. The minimum atomic E-state index is 0. The van der Waals surface area contributed by atoms with Gasteiger partial charge in [-0.15, -0.1) is 24.0 Å². The molecule has 0 spiro atoms. The first-order chi connectivity index (χ1) is 12.8. The minimum absolute atomic E-state index is 0. The summed E-state index contributed by atoms with van der Waals surface area (Å²) in [6.07, 6.45) is 4.45. The number of nitrogens with one attached hydrogen (secondary N) is 1. The summed E-state index contributed by atoms with van der Waals surface area (Å²) >= 11 is 0. The first kappa shape index (κ1) is 22.7. The van der Waals surface area contributed by atoms with Crippen LogP contribution in [0.25, 0.3) is 0 Å². The van der Waals surface area contributed by atoms with Gasteiger partial charge in [-0.25, -0.2) is 0 Å². The van der Waals surface area contributed by atoms with Crippen molar-refractivity contribution in [1.82, 2.24) is 15.1 Å². The number of hydrogen-bond acceptors (Lipinski definition) is 4. The highest BCUT2D eigenvalue weighted by molar-refractivity contribution is 14.0. The summed E-state index contributed by atoms with van der Waals surface area (Å²) in [5.41, 5.74) is 0. The second kappa shape index (κ2) is 12.1. The van der Waals surface area contributed by atoms with E-state index < -0.39 is 0 Å². The van der Waals surface area contributed by atoms with Crippen LogP contribution in [0.3, 0.4) is 0 Å². The summed E-state index contributed by atoms with van der Waals surface area (Å²) in [7, 11) is 0. The Labute approximate surface area is 180 Å². The molecule has 1 aliphatic carbocycles. The zero-order valence-corrected chi connectivity index (χ0v) is 18.9. The first-order valence-electron chi connectivity index (χ1n) is 10.3. The lowest BCUT2D eigenvalue weighted by Crippen LogP contribution is -2.50. The highest BCUT2D eigenvalue weighted by atomic mass is 127. The zero-order chi connectivity index (χ0) is 18.2. The molecule has 1 N–H and O–H groups in total. The summed E-state index contributed by atoms with van der Waals surface area (Å²) < 4.78 is 11.0. The number of amides is 1. The normalized spacial score (nSPS) is 21.7. The maximum Gasteiger partial charge on any atom is 0.225 e. The fourth-order valence-corrected chi connectivity index (χ4v) is 3.56. The van der Waals surface area contributed by atoms with Gasteiger partial charge in [-0.3, -0.25) is 9.79 Å². The SMILES string of the molecule is CCNC(=NCCOCC1CC1)N1CCC(C(=O)N2CCOCC2)CC1.I. The number of piperidine rings is 1. The summed E-state index contributed by atoms with van der Waals surface area (Å²) in [5.74, 6) is 2.22. The molecular formula is C19H35IN4O3. The number of guanidine groups is 1. The van der Waals surface area contributed by atoms with E-state index in [-0.39, 0.29) is 29.9 Å². The van der Waals surface area contributed by atoms with Crippen LogP contribution in [-0.4, -0.2) is 87.4 Å². The van der Waals surface area contributed by atoms with Gasteiger partial charge in [0.25, 0.3) is 0 Å². The molecule has 8 heteroatoms. The Morgan fingerprint density at radius 3 is 2.44 bits per heavy atom. The molecule has 1 amide bonds. The maximum atomic E-state index is 12.6. The van der Waals surface area contributed by atoms with Gasteiger partial charge in [-0.05, 0) is 38.5 Å². The van der Waals surface area contributed by atoms with Crippen molar-refractivity contribution in [2.75, 3.05) is 65.7 Å². The largest absolute Gasteiger partial charge is 0.379 e. The van der Waals surface area contributed by atoms with Gasteiger partial charge < -0.3 is 24.6 Å². The van der Waals surface area contributed by atoms with Crippen molar-refractivity contribution in [1.29, 1.82) is 0 Å². The lowest BCUT2D eigenvalue weighted by molar-refractivity contribution is -0.140. The van der Waals surface area contributed by atoms with Crippen LogP contribution in [0.4, 0.5) is 0 Å². The van der Waals surface area contributed by atoms with Crippen LogP contribution in [0, 0.1) is 11.8 Å². The van der Waals surface area contributed by atoms with E-state index in [0.717, 1.165) is 64.0 Å². The van der Waals surface area contributed by atoms with E-state index in [0.29, 0.717) is 32.3 Å². The Morgan fingerprint density at radius 2 is 1.81 bits per heavy atom. The molecule has 1 saturated carbocycles. The maximum absolute atomic E-state index is 12.6. The minimum Gasteiger partial charge on any atom is -0.379 e. The highest BCUT2D eigenvalue weighted by Crippen LogP contribution is 2.28. The molecular weight excluding hydrogens is 459 g/mol.